The van der Waals surface area contributed by atoms with E-state index in [1.54, 1.807) is 0 Å². The summed E-state index contributed by atoms with van der Waals surface area (Å²) in [6, 6.07) is 0. The van der Waals surface area contributed by atoms with E-state index in [4.69, 9.17) is 10.6 Å². The number of nitrogens with two attached hydrogens (primary N) is 1. The Hall–Kier alpha value is -0.940. The Kier molecular flexibility index (Phi) is 4.67. The number of hydrogen-bond donors (Lipinski definition) is 2. The molecular formula is C21H34N2O3. The molecule has 0 radical (unpaired) electrons. The smallest absolute Gasteiger partial charge is 0.139 e. The minimum atomic E-state index is -0.292. The molecule has 5 heteroatoms. The van der Waals surface area contributed by atoms with Crippen molar-refractivity contribution in [2.45, 2.75) is 71.3 Å². The number of oxime groups is 1. The van der Waals surface area contributed by atoms with Crippen LogP contribution in [0.5, 0.6) is 0 Å². The lowest BCUT2D eigenvalue weighted by Gasteiger charge is -2.60. The quantitative estimate of drug-likeness (QED) is 0.597. The van der Waals surface area contributed by atoms with Gasteiger partial charge in [0.05, 0.1) is 11.8 Å². The van der Waals surface area contributed by atoms with Gasteiger partial charge in [-0.1, -0.05) is 19.0 Å². The van der Waals surface area contributed by atoms with Gasteiger partial charge in [-0.2, -0.15) is 0 Å². The summed E-state index contributed by atoms with van der Waals surface area (Å²) in [6.07, 6.45) is 7.38. The molecular weight excluding hydrogens is 328 g/mol. The highest BCUT2D eigenvalue weighted by molar-refractivity contribution is 5.87. The maximum Gasteiger partial charge on any atom is 0.139 e. The molecule has 5 nitrogen and oxygen atoms in total. The summed E-state index contributed by atoms with van der Waals surface area (Å²) >= 11 is 0. The fourth-order valence-corrected chi connectivity index (χ4v) is 7.15. The number of aliphatic hydroxyl groups is 1. The molecule has 4 rings (SSSR count). The maximum absolute atomic E-state index is 12.5. The molecule has 0 spiro atoms. The van der Waals surface area contributed by atoms with Crippen LogP contribution in [0.15, 0.2) is 5.16 Å². The average molecular weight is 363 g/mol. The SMILES string of the molecule is C[C@]12CC/C(=N\OCCN)C[C@@H]1[C@H](O)C[C@@H]1[C@@H]2CC[C@]2(C)C(=O)CC[C@@H]12. The van der Waals surface area contributed by atoms with E-state index in [2.05, 4.69) is 19.0 Å². The second-order valence-electron chi connectivity index (χ2n) is 9.69. The maximum atomic E-state index is 12.5. The van der Waals surface area contributed by atoms with Crippen molar-refractivity contribution >= 4 is 11.5 Å². The highest BCUT2D eigenvalue weighted by Gasteiger charge is 2.61. The van der Waals surface area contributed by atoms with E-state index in [9.17, 15) is 9.90 Å². The lowest BCUT2D eigenvalue weighted by molar-refractivity contribution is -0.153. The molecule has 0 saturated heterocycles. The second-order valence-corrected chi connectivity index (χ2v) is 9.69. The van der Waals surface area contributed by atoms with Gasteiger partial charge < -0.3 is 15.7 Å². The number of aliphatic hydroxyl groups excluding tert-OH is 1. The first kappa shape index (κ1) is 18.4. The Morgan fingerprint density at radius 1 is 1.19 bits per heavy atom. The number of ketones is 1. The number of hydrogen-bond acceptors (Lipinski definition) is 5. The zero-order valence-electron chi connectivity index (χ0n) is 16.2. The second kappa shape index (κ2) is 6.59. The Balaban J connectivity index is 1.56. The zero-order valence-corrected chi connectivity index (χ0v) is 16.2. The van der Waals surface area contributed by atoms with Crippen molar-refractivity contribution in [2.24, 2.45) is 45.4 Å². The molecule has 0 bridgehead atoms. The predicted molar refractivity (Wildman–Crippen MR) is 101 cm³/mol. The van der Waals surface area contributed by atoms with E-state index in [0.717, 1.165) is 57.1 Å². The van der Waals surface area contributed by atoms with Crippen LogP contribution in [-0.4, -0.2) is 35.9 Å². The van der Waals surface area contributed by atoms with E-state index in [-0.39, 0.29) is 22.9 Å². The van der Waals surface area contributed by atoms with Gasteiger partial charge in [0, 0.05) is 18.4 Å². The molecule has 26 heavy (non-hydrogen) atoms. The third kappa shape index (κ3) is 2.65. The van der Waals surface area contributed by atoms with Crippen LogP contribution in [0.2, 0.25) is 0 Å². The molecule has 0 aromatic rings. The summed E-state index contributed by atoms with van der Waals surface area (Å²) in [4.78, 5) is 17.8. The van der Waals surface area contributed by atoms with Crippen LogP contribution in [-0.2, 0) is 9.63 Å². The number of carbonyl (C=O) groups excluding carboxylic acids is 1. The van der Waals surface area contributed by atoms with Crippen LogP contribution in [0.4, 0.5) is 0 Å². The standard InChI is InChI=1S/C21H34N2O3/c1-20-7-5-13(23-26-10-9-22)11-17(20)18(24)12-14-15-3-4-19(25)21(15,2)8-6-16(14)20/h14-18,24H,3-12,22H2,1-2H3/b23-13+/t14-,15-,16-,17+,18+,20+,21-/m0/s1. The Morgan fingerprint density at radius 3 is 2.77 bits per heavy atom. The van der Waals surface area contributed by atoms with Crippen molar-refractivity contribution in [3.05, 3.63) is 0 Å². The topological polar surface area (TPSA) is 84.9 Å². The van der Waals surface area contributed by atoms with E-state index in [1.807, 2.05) is 0 Å². The fourth-order valence-electron chi connectivity index (χ4n) is 7.15. The van der Waals surface area contributed by atoms with Crippen LogP contribution in [0, 0.1) is 34.5 Å². The number of nitrogens with zero attached hydrogens (tertiary/aromatic N) is 1. The normalized spacial score (nSPS) is 49.5. The van der Waals surface area contributed by atoms with Gasteiger partial charge in [-0.25, -0.2) is 0 Å². The Bertz CT molecular complexity index is 606. The third-order valence-corrected chi connectivity index (χ3v) is 8.63. The van der Waals surface area contributed by atoms with Gasteiger partial charge in [0.2, 0.25) is 0 Å². The van der Waals surface area contributed by atoms with E-state index < -0.39 is 0 Å². The van der Waals surface area contributed by atoms with Gasteiger partial charge in [0.1, 0.15) is 12.4 Å². The van der Waals surface area contributed by atoms with Crippen LogP contribution in [0.1, 0.15) is 65.2 Å². The van der Waals surface area contributed by atoms with Crippen molar-refractivity contribution in [1.82, 2.24) is 0 Å². The molecule has 0 aliphatic heterocycles. The van der Waals surface area contributed by atoms with Crippen LogP contribution in [0.25, 0.3) is 0 Å². The number of carbonyl (C=O) groups is 1. The molecule has 0 aromatic heterocycles. The first-order valence-electron chi connectivity index (χ1n) is 10.5. The van der Waals surface area contributed by atoms with E-state index in [0.29, 0.717) is 36.7 Å². The van der Waals surface area contributed by atoms with E-state index >= 15 is 0 Å². The molecule has 3 N–H and O–H groups in total. The molecule has 0 aromatic carbocycles. The van der Waals surface area contributed by atoms with Gasteiger partial charge in [-0.05, 0) is 74.0 Å². The molecule has 0 unspecified atom stereocenters. The van der Waals surface area contributed by atoms with Gasteiger partial charge in [0.15, 0.2) is 0 Å². The van der Waals surface area contributed by atoms with Crippen molar-refractivity contribution in [1.29, 1.82) is 0 Å². The molecule has 4 saturated carbocycles. The zero-order chi connectivity index (χ0) is 18.5. The van der Waals surface area contributed by atoms with Crippen molar-refractivity contribution in [3.8, 4) is 0 Å². The molecule has 146 valence electrons. The average Bonchev–Trinajstić information content (AvgIpc) is 2.92. The molecule has 0 amide bonds. The van der Waals surface area contributed by atoms with E-state index in [1.165, 1.54) is 0 Å². The van der Waals surface area contributed by atoms with Crippen molar-refractivity contribution in [3.63, 3.8) is 0 Å². The van der Waals surface area contributed by atoms with Crippen molar-refractivity contribution < 1.29 is 14.7 Å². The van der Waals surface area contributed by atoms with Crippen LogP contribution in [0.3, 0.4) is 0 Å². The predicted octanol–water partition coefficient (Wildman–Crippen LogP) is 2.90. The lowest BCUT2D eigenvalue weighted by atomic mass is 9.44. The highest BCUT2D eigenvalue weighted by atomic mass is 16.6. The summed E-state index contributed by atoms with van der Waals surface area (Å²) in [5.74, 6) is 2.34. The van der Waals surface area contributed by atoms with Gasteiger partial charge in [-0.3, -0.25) is 4.79 Å². The number of rotatable bonds is 3. The lowest BCUT2D eigenvalue weighted by Crippen LogP contribution is -2.57. The summed E-state index contributed by atoms with van der Waals surface area (Å²) in [6.45, 7) is 5.52. The summed E-state index contributed by atoms with van der Waals surface area (Å²) in [5, 5.41) is 15.4. The largest absolute Gasteiger partial charge is 0.395 e. The summed E-state index contributed by atoms with van der Waals surface area (Å²) < 4.78 is 0. The molecule has 0 heterocycles. The summed E-state index contributed by atoms with van der Waals surface area (Å²) in [7, 11) is 0. The van der Waals surface area contributed by atoms with Crippen LogP contribution >= 0.6 is 0 Å². The Labute approximate surface area is 156 Å². The van der Waals surface area contributed by atoms with Crippen LogP contribution < -0.4 is 5.73 Å². The van der Waals surface area contributed by atoms with Gasteiger partial charge >= 0.3 is 0 Å². The third-order valence-electron chi connectivity index (χ3n) is 8.63. The fraction of sp³-hybridized carbons (Fsp3) is 0.905. The molecule has 4 aliphatic carbocycles. The minimum Gasteiger partial charge on any atom is -0.395 e. The highest BCUT2D eigenvalue weighted by Crippen LogP contribution is 2.65. The Morgan fingerprint density at radius 2 is 2.00 bits per heavy atom. The first-order valence-corrected chi connectivity index (χ1v) is 10.5. The first-order chi connectivity index (χ1) is 12.4. The van der Waals surface area contributed by atoms with Crippen molar-refractivity contribution in [2.75, 3.05) is 13.2 Å². The minimum absolute atomic E-state index is 0.124. The monoisotopic (exact) mass is 362 g/mol. The molecule has 7 atom stereocenters. The molecule has 4 fully saturated rings. The molecule has 4 aliphatic rings. The van der Waals surface area contributed by atoms with Gasteiger partial charge in [0.25, 0.3) is 0 Å². The summed E-state index contributed by atoms with van der Waals surface area (Å²) in [5.41, 5.74) is 6.58. The number of Topliss-reactive ketones (excluding diaryl/α,β-unsaturated/α-hetero) is 1. The van der Waals surface area contributed by atoms with Gasteiger partial charge in [-0.15, -0.1) is 0 Å². The number of fused-ring (bicyclic) bond motifs is 5.